The maximum atomic E-state index is 11.2. The van der Waals surface area contributed by atoms with Gasteiger partial charge in [-0.25, -0.2) is 9.78 Å². The van der Waals surface area contributed by atoms with Gasteiger partial charge in [0.1, 0.15) is 5.75 Å². The summed E-state index contributed by atoms with van der Waals surface area (Å²) < 4.78 is 5.13. The summed E-state index contributed by atoms with van der Waals surface area (Å²) in [5, 5.41) is 9.87. The van der Waals surface area contributed by atoms with E-state index >= 15 is 0 Å². The summed E-state index contributed by atoms with van der Waals surface area (Å²) >= 11 is 0. The van der Waals surface area contributed by atoms with Crippen molar-refractivity contribution in [3.63, 3.8) is 0 Å². The van der Waals surface area contributed by atoms with Gasteiger partial charge in [-0.2, -0.15) is 0 Å². The highest BCUT2D eigenvalue weighted by Gasteiger charge is 2.17. The molecule has 1 N–H and O–H groups in total. The number of aromatic nitrogens is 1. The molecule has 0 radical (unpaired) electrons. The van der Waals surface area contributed by atoms with Crippen molar-refractivity contribution in [3.05, 3.63) is 59.7 Å². The van der Waals surface area contributed by atoms with Gasteiger partial charge in [0.25, 0.3) is 0 Å². The number of fused-ring (bicyclic) bond motifs is 1. The Bertz CT molecular complexity index is 902. The molecule has 0 saturated carbocycles. The molecule has 0 aliphatic carbocycles. The Labute approximate surface area is 140 Å². The molecule has 0 unspecified atom stereocenters. The Morgan fingerprint density at radius 1 is 1.12 bits per heavy atom. The zero-order chi connectivity index (χ0) is 17.3. The lowest BCUT2D eigenvalue weighted by Crippen LogP contribution is -2.07. The van der Waals surface area contributed by atoms with Gasteiger partial charge in [-0.15, -0.1) is 0 Å². The normalized spacial score (nSPS) is 11.0. The van der Waals surface area contributed by atoms with Crippen LogP contribution in [-0.2, 0) is 0 Å². The van der Waals surface area contributed by atoms with Crippen LogP contribution in [0.25, 0.3) is 22.2 Å². The fourth-order valence-corrected chi connectivity index (χ4v) is 2.80. The van der Waals surface area contributed by atoms with Crippen molar-refractivity contribution in [1.29, 1.82) is 0 Å². The lowest BCUT2D eigenvalue weighted by atomic mass is 9.98. The molecule has 3 rings (SSSR count). The van der Waals surface area contributed by atoms with Gasteiger partial charge in [0, 0.05) is 16.5 Å². The van der Waals surface area contributed by atoms with Gasteiger partial charge in [-0.1, -0.05) is 50.2 Å². The average Bonchev–Trinajstić information content (AvgIpc) is 2.57. The van der Waals surface area contributed by atoms with Gasteiger partial charge >= 0.3 is 6.16 Å². The molecule has 1 aromatic heterocycles. The monoisotopic (exact) mass is 321 g/mol. The Balaban J connectivity index is 2.31. The van der Waals surface area contributed by atoms with Crippen molar-refractivity contribution in [2.24, 2.45) is 0 Å². The van der Waals surface area contributed by atoms with E-state index in [2.05, 4.69) is 13.8 Å². The van der Waals surface area contributed by atoms with E-state index in [1.807, 2.05) is 55.5 Å². The van der Waals surface area contributed by atoms with E-state index in [-0.39, 0.29) is 0 Å². The van der Waals surface area contributed by atoms with Crippen molar-refractivity contribution in [2.75, 3.05) is 0 Å². The van der Waals surface area contributed by atoms with Gasteiger partial charge in [0.15, 0.2) is 0 Å². The Kier molecular flexibility index (Phi) is 4.21. The first-order valence-corrected chi connectivity index (χ1v) is 7.88. The molecular formula is C20H19NO3. The van der Waals surface area contributed by atoms with Crippen LogP contribution in [0.5, 0.6) is 5.75 Å². The molecule has 0 saturated heterocycles. The summed E-state index contributed by atoms with van der Waals surface area (Å²) in [6, 6.07) is 15.6. The molecular weight excluding hydrogens is 302 g/mol. The lowest BCUT2D eigenvalue weighted by molar-refractivity contribution is 0.144. The van der Waals surface area contributed by atoms with Crippen molar-refractivity contribution >= 4 is 17.1 Å². The lowest BCUT2D eigenvalue weighted by Gasteiger charge is -2.15. The highest BCUT2D eigenvalue weighted by Crippen LogP contribution is 2.36. The van der Waals surface area contributed by atoms with Gasteiger partial charge in [-0.3, -0.25) is 0 Å². The topological polar surface area (TPSA) is 59.4 Å². The molecule has 0 spiro atoms. The second-order valence-electron chi connectivity index (χ2n) is 6.08. The predicted octanol–water partition coefficient (Wildman–Crippen LogP) is 5.39. The van der Waals surface area contributed by atoms with Crippen LogP contribution in [-0.4, -0.2) is 16.2 Å². The first kappa shape index (κ1) is 16.0. The molecule has 0 fully saturated rings. The number of hydrogen-bond donors (Lipinski definition) is 1. The Morgan fingerprint density at radius 2 is 1.83 bits per heavy atom. The molecule has 3 aromatic rings. The first-order chi connectivity index (χ1) is 11.5. The van der Waals surface area contributed by atoms with Crippen molar-refractivity contribution in [1.82, 2.24) is 4.98 Å². The SMILES string of the molecule is Cc1c(-c2ccccc2)nc2ccc(C(C)C)cc2c1OC(=O)O. The van der Waals surface area contributed by atoms with Gasteiger partial charge in [0.05, 0.1) is 11.2 Å². The molecule has 0 atom stereocenters. The maximum absolute atomic E-state index is 11.2. The van der Waals surface area contributed by atoms with E-state index in [1.165, 1.54) is 0 Å². The summed E-state index contributed by atoms with van der Waals surface area (Å²) in [6.07, 6.45) is -1.32. The fourth-order valence-electron chi connectivity index (χ4n) is 2.80. The second kappa shape index (κ2) is 6.32. The Hall–Kier alpha value is -2.88. The highest BCUT2D eigenvalue weighted by atomic mass is 16.7. The minimum Gasteiger partial charge on any atom is -0.449 e. The number of benzene rings is 2. The van der Waals surface area contributed by atoms with Crippen LogP contribution in [0.2, 0.25) is 0 Å². The van der Waals surface area contributed by atoms with E-state index in [4.69, 9.17) is 14.8 Å². The maximum Gasteiger partial charge on any atom is 0.511 e. The fraction of sp³-hybridized carbons (Fsp3) is 0.200. The van der Waals surface area contributed by atoms with Crippen LogP contribution >= 0.6 is 0 Å². The summed E-state index contributed by atoms with van der Waals surface area (Å²) in [5.41, 5.74) is 4.22. The summed E-state index contributed by atoms with van der Waals surface area (Å²) in [5.74, 6) is 0.690. The predicted molar refractivity (Wildman–Crippen MR) is 94.7 cm³/mol. The molecule has 0 aliphatic rings. The molecule has 4 heteroatoms. The molecule has 0 bridgehead atoms. The number of ether oxygens (including phenoxy) is 1. The van der Waals surface area contributed by atoms with E-state index in [9.17, 15) is 4.79 Å². The van der Waals surface area contributed by atoms with E-state index in [1.54, 1.807) is 0 Å². The van der Waals surface area contributed by atoms with E-state index < -0.39 is 6.16 Å². The summed E-state index contributed by atoms with van der Waals surface area (Å²) in [6.45, 7) is 6.03. The summed E-state index contributed by atoms with van der Waals surface area (Å²) in [7, 11) is 0. The zero-order valence-electron chi connectivity index (χ0n) is 13.9. The smallest absolute Gasteiger partial charge is 0.449 e. The molecule has 122 valence electrons. The second-order valence-corrected chi connectivity index (χ2v) is 6.08. The third kappa shape index (κ3) is 2.95. The summed E-state index contributed by atoms with van der Waals surface area (Å²) in [4.78, 5) is 15.9. The number of hydrogen-bond acceptors (Lipinski definition) is 3. The van der Waals surface area contributed by atoms with Gasteiger partial charge < -0.3 is 9.84 Å². The van der Waals surface area contributed by atoms with Crippen LogP contribution in [0.1, 0.15) is 30.9 Å². The number of carboxylic acid groups (broad SMARTS) is 1. The minimum absolute atomic E-state index is 0.334. The number of carbonyl (C=O) groups is 1. The standard InChI is InChI=1S/C20H19NO3/c1-12(2)15-9-10-17-16(11-15)19(24-20(22)23)13(3)18(21-17)14-7-5-4-6-8-14/h4-12H,1-3H3,(H,22,23). The molecule has 0 aliphatic heterocycles. The molecule has 4 nitrogen and oxygen atoms in total. The van der Waals surface area contributed by atoms with Crippen LogP contribution < -0.4 is 4.74 Å². The average molecular weight is 321 g/mol. The van der Waals surface area contributed by atoms with E-state index in [0.717, 1.165) is 33.3 Å². The third-order valence-corrected chi connectivity index (χ3v) is 4.10. The largest absolute Gasteiger partial charge is 0.511 e. The molecule has 0 amide bonds. The number of pyridine rings is 1. The minimum atomic E-state index is -1.32. The van der Waals surface area contributed by atoms with Gasteiger partial charge in [0.2, 0.25) is 0 Å². The molecule has 24 heavy (non-hydrogen) atoms. The quantitative estimate of drug-likeness (QED) is 0.657. The van der Waals surface area contributed by atoms with Gasteiger partial charge in [-0.05, 0) is 30.5 Å². The van der Waals surface area contributed by atoms with Crippen LogP contribution in [0.15, 0.2) is 48.5 Å². The van der Waals surface area contributed by atoms with Crippen LogP contribution in [0, 0.1) is 6.92 Å². The first-order valence-electron chi connectivity index (χ1n) is 7.88. The van der Waals surface area contributed by atoms with Crippen molar-refractivity contribution in [2.45, 2.75) is 26.7 Å². The number of rotatable bonds is 3. The van der Waals surface area contributed by atoms with E-state index in [0.29, 0.717) is 11.7 Å². The third-order valence-electron chi connectivity index (χ3n) is 4.10. The van der Waals surface area contributed by atoms with Crippen LogP contribution in [0.4, 0.5) is 4.79 Å². The number of nitrogens with zero attached hydrogens (tertiary/aromatic N) is 1. The zero-order valence-corrected chi connectivity index (χ0v) is 13.9. The highest BCUT2D eigenvalue weighted by molar-refractivity contribution is 5.92. The van der Waals surface area contributed by atoms with Crippen molar-refractivity contribution in [3.8, 4) is 17.0 Å². The van der Waals surface area contributed by atoms with Crippen LogP contribution in [0.3, 0.4) is 0 Å². The Morgan fingerprint density at radius 3 is 2.46 bits per heavy atom. The molecule has 2 aromatic carbocycles. The van der Waals surface area contributed by atoms with Crippen molar-refractivity contribution < 1.29 is 14.6 Å². The molecule has 1 heterocycles.